The van der Waals surface area contributed by atoms with Gasteiger partial charge in [-0.25, -0.2) is 4.99 Å². The van der Waals surface area contributed by atoms with Crippen LogP contribution in [0.2, 0.25) is 0 Å². The van der Waals surface area contributed by atoms with Gasteiger partial charge < -0.3 is 10.6 Å². The van der Waals surface area contributed by atoms with Crippen molar-refractivity contribution in [2.24, 2.45) is 15.2 Å². The largest absolute Gasteiger partial charge is 0.325 e. The summed E-state index contributed by atoms with van der Waals surface area (Å²) in [6.07, 6.45) is 0.825. The molecule has 2 heterocycles. The number of carbonyl (C=O) groups is 2. The normalized spacial score (nSPS) is 18.9. The maximum atomic E-state index is 12.1. The molecule has 0 radical (unpaired) electrons. The molecule has 0 saturated carbocycles. The molecule has 0 fully saturated rings. The Bertz CT molecular complexity index is 769. The molecule has 2 N–H and O–H groups in total. The number of fused-ring (bicyclic) bond motifs is 1. The number of hydrogen-bond acceptors (Lipinski definition) is 6. The summed E-state index contributed by atoms with van der Waals surface area (Å²) < 4.78 is 0. The van der Waals surface area contributed by atoms with E-state index in [2.05, 4.69) is 25.9 Å². The minimum atomic E-state index is -0.576. The van der Waals surface area contributed by atoms with Gasteiger partial charge in [-0.15, -0.1) is 0 Å². The Morgan fingerprint density at radius 3 is 3.04 bits per heavy atom. The second-order valence-corrected chi connectivity index (χ2v) is 6.13. The standard InChI is InChI=1S/C15H15N5O2S/c1-8-4-3-5-11(9(8)2)17-12(21)7-23-15-18-13-10(6-16-20-13)14(22)19-15/h3-6,13H,7H2,1-2H3,(H,17,21)(H,18,19,22). The van der Waals surface area contributed by atoms with Gasteiger partial charge in [0.05, 0.1) is 17.5 Å². The molecule has 0 bridgehead atoms. The number of carbonyl (C=O) groups excluding carboxylic acids is 2. The third-order valence-electron chi connectivity index (χ3n) is 3.59. The quantitative estimate of drug-likeness (QED) is 0.889. The smallest absolute Gasteiger partial charge is 0.258 e. The van der Waals surface area contributed by atoms with E-state index in [0.717, 1.165) is 28.6 Å². The van der Waals surface area contributed by atoms with E-state index in [1.165, 1.54) is 6.20 Å². The molecule has 2 amide bonds. The predicted octanol–water partition coefficient (Wildman–Crippen LogP) is 2.14. The van der Waals surface area contributed by atoms with Crippen molar-refractivity contribution in [3.05, 3.63) is 41.1 Å². The van der Waals surface area contributed by atoms with E-state index in [1.807, 2.05) is 32.0 Å². The van der Waals surface area contributed by atoms with Crippen LogP contribution in [-0.4, -0.2) is 28.9 Å². The van der Waals surface area contributed by atoms with Gasteiger partial charge in [-0.2, -0.15) is 10.2 Å². The van der Waals surface area contributed by atoms with Crippen molar-refractivity contribution in [1.29, 1.82) is 0 Å². The van der Waals surface area contributed by atoms with Crippen molar-refractivity contribution in [3.8, 4) is 0 Å². The fourth-order valence-electron chi connectivity index (χ4n) is 2.15. The lowest BCUT2D eigenvalue weighted by molar-refractivity contribution is -0.116. The first-order valence-electron chi connectivity index (χ1n) is 7.02. The van der Waals surface area contributed by atoms with Crippen molar-refractivity contribution in [1.82, 2.24) is 5.32 Å². The molecule has 1 unspecified atom stereocenters. The maximum absolute atomic E-state index is 12.1. The van der Waals surface area contributed by atoms with Gasteiger partial charge in [0.15, 0.2) is 11.3 Å². The Labute approximate surface area is 137 Å². The maximum Gasteiger partial charge on any atom is 0.258 e. The molecule has 0 saturated heterocycles. The number of benzene rings is 1. The van der Waals surface area contributed by atoms with Gasteiger partial charge in [-0.3, -0.25) is 9.59 Å². The summed E-state index contributed by atoms with van der Waals surface area (Å²) in [6, 6.07) is 5.75. The molecule has 0 aromatic heterocycles. The van der Waals surface area contributed by atoms with Gasteiger partial charge in [-0.1, -0.05) is 23.9 Å². The van der Waals surface area contributed by atoms with Gasteiger partial charge in [0.2, 0.25) is 5.91 Å². The zero-order valence-corrected chi connectivity index (χ0v) is 13.5. The van der Waals surface area contributed by atoms with Crippen LogP contribution in [0.1, 0.15) is 11.1 Å². The monoisotopic (exact) mass is 329 g/mol. The van der Waals surface area contributed by atoms with E-state index in [1.54, 1.807) is 0 Å². The van der Waals surface area contributed by atoms with Crippen LogP contribution < -0.4 is 10.6 Å². The molecule has 3 rings (SSSR count). The van der Waals surface area contributed by atoms with Gasteiger partial charge in [0.25, 0.3) is 5.91 Å². The average molecular weight is 329 g/mol. The van der Waals surface area contributed by atoms with Crippen LogP contribution in [0.4, 0.5) is 5.69 Å². The van der Waals surface area contributed by atoms with E-state index in [4.69, 9.17) is 0 Å². The molecule has 0 aliphatic carbocycles. The van der Waals surface area contributed by atoms with E-state index in [0.29, 0.717) is 10.7 Å². The lowest BCUT2D eigenvalue weighted by atomic mass is 10.1. The number of aryl methyl sites for hydroxylation is 1. The number of nitrogens with one attached hydrogen (secondary N) is 2. The molecular weight excluding hydrogens is 314 g/mol. The van der Waals surface area contributed by atoms with Crippen LogP contribution in [0, 0.1) is 13.8 Å². The molecule has 1 aromatic carbocycles. The van der Waals surface area contributed by atoms with E-state index in [-0.39, 0.29) is 17.6 Å². The van der Waals surface area contributed by atoms with Crippen LogP contribution >= 0.6 is 11.8 Å². The molecule has 118 valence electrons. The van der Waals surface area contributed by atoms with Crippen LogP contribution in [-0.2, 0) is 9.59 Å². The number of azo groups is 1. The molecule has 2 aliphatic rings. The third-order valence-corrected chi connectivity index (χ3v) is 4.48. The minimum Gasteiger partial charge on any atom is -0.325 e. The Morgan fingerprint density at radius 1 is 1.39 bits per heavy atom. The highest BCUT2D eigenvalue weighted by Gasteiger charge is 2.29. The van der Waals surface area contributed by atoms with Gasteiger partial charge in [0, 0.05) is 5.69 Å². The molecule has 0 spiro atoms. The Morgan fingerprint density at radius 2 is 2.22 bits per heavy atom. The lowest BCUT2D eigenvalue weighted by Gasteiger charge is -2.17. The molecule has 2 aliphatic heterocycles. The van der Waals surface area contributed by atoms with Crippen LogP contribution in [0.3, 0.4) is 0 Å². The zero-order valence-electron chi connectivity index (χ0n) is 12.7. The highest BCUT2D eigenvalue weighted by Crippen LogP contribution is 2.22. The van der Waals surface area contributed by atoms with E-state index < -0.39 is 6.17 Å². The molecule has 7 nitrogen and oxygen atoms in total. The molecule has 1 atom stereocenters. The lowest BCUT2D eigenvalue weighted by Crippen LogP contribution is -2.38. The summed E-state index contributed by atoms with van der Waals surface area (Å²) in [7, 11) is 0. The number of rotatable bonds is 3. The first-order chi connectivity index (χ1) is 11.0. The van der Waals surface area contributed by atoms with Crippen molar-refractivity contribution in [3.63, 3.8) is 0 Å². The topological polar surface area (TPSA) is 95.3 Å². The van der Waals surface area contributed by atoms with E-state index in [9.17, 15) is 9.59 Å². The molecule has 23 heavy (non-hydrogen) atoms. The van der Waals surface area contributed by atoms with Crippen LogP contribution in [0.5, 0.6) is 0 Å². The number of amides is 2. The average Bonchev–Trinajstić information content (AvgIpc) is 2.99. The second-order valence-electron chi connectivity index (χ2n) is 5.16. The molecule has 1 aromatic rings. The summed E-state index contributed by atoms with van der Waals surface area (Å²) in [5.74, 6) is -0.280. The zero-order chi connectivity index (χ0) is 16.4. The van der Waals surface area contributed by atoms with Gasteiger partial charge in [-0.05, 0) is 31.0 Å². The number of thioether (sulfide) groups is 1. The third kappa shape index (κ3) is 3.31. The SMILES string of the molecule is Cc1cccc(NC(=O)CSC2=NC3N=NC=C3C(=O)N2)c1C. The van der Waals surface area contributed by atoms with Gasteiger partial charge in [0.1, 0.15) is 0 Å². The Balaban J connectivity index is 1.59. The van der Waals surface area contributed by atoms with Crippen molar-refractivity contribution >= 4 is 34.4 Å². The van der Waals surface area contributed by atoms with E-state index >= 15 is 0 Å². The summed E-state index contributed by atoms with van der Waals surface area (Å²) in [4.78, 5) is 28.1. The minimum absolute atomic E-state index is 0.148. The Hall–Kier alpha value is -2.48. The summed E-state index contributed by atoms with van der Waals surface area (Å²) in [6.45, 7) is 3.95. The summed E-state index contributed by atoms with van der Waals surface area (Å²) >= 11 is 1.16. The van der Waals surface area contributed by atoms with Crippen molar-refractivity contribution in [2.45, 2.75) is 20.0 Å². The number of amidine groups is 1. The first kappa shape index (κ1) is 15.4. The van der Waals surface area contributed by atoms with Crippen LogP contribution in [0.25, 0.3) is 0 Å². The summed E-state index contributed by atoms with van der Waals surface area (Å²) in [5.41, 5.74) is 3.37. The number of aliphatic imine (C=N–C) groups is 1. The van der Waals surface area contributed by atoms with Crippen molar-refractivity contribution < 1.29 is 9.59 Å². The van der Waals surface area contributed by atoms with Crippen molar-refractivity contribution in [2.75, 3.05) is 11.1 Å². The fourth-order valence-corrected chi connectivity index (χ4v) is 2.83. The van der Waals surface area contributed by atoms with Crippen LogP contribution in [0.15, 0.2) is 45.2 Å². The molecule has 8 heteroatoms. The number of nitrogens with zero attached hydrogens (tertiary/aromatic N) is 3. The molecular formula is C15H15N5O2S. The number of anilines is 1. The fraction of sp³-hybridized carbons (Fsp3) is 0.267. The summed E-state index contributed by atoms with van der Waals surface area (Å²) in [5, 5.41) is 13.4. The number of hydrogen-bond donors (Lipinski definition) is 2. The Kier molecular flexibility index (Phi) is 4.24. The highest BCUT2D eigenvalue weighted by molar-refractivity contribution is 8.14. The second kappa shape index (κ2) is 6.33. The first-order valence-corrected chi connectivity index (χ1v) is 8.01. The highest BCUT2D eigenvalue weighted by atomic mass is 32.2. The van der Waals surface area contributed by atoms with Gasteiger partial charge >= 0.3 is 0 Å². The predicted molar refractivity (Wildman–Crippen MR) is 89.3 cm³/mol.